The molecular formula is C25H42N2S. The van der Waals surface area contributed by atoms with E-state index in [0.717, 1.165) is 6.04 Å². The van der Waals surface area contributed by atoms with Crippen molar-refractivity contribution in [3.8, 4) is 0 Å². The number of likely N-dealkylation sites (tertiary alicyclic amines) is 1. The summed E-state index contributed by atoms with van der Waals surface area (Å²) in [5.41, 5.74) is 4.66. The molecule has 1 aromatic carbocycles. The van der Waals surface area contributed by atoms with Crippen LogP contribution in [0.5, 0.6) is 0 Å². The van der Waals surface area contributed by atoms with Crippen molar-refractivity contribution in [1.29, 1.82) is 0 Å². The lowest BCUT2D eigenvalue weighted by molar-refractivity contribution is 0.172. The van der Waals surface area contributed by atoms with Crippen molar-refractivity contribution in [3.63, 3.8) is 0 Å². The van der Waals surface area contributed by atoms with Crippen molar-refractivity contribution in [2.24, 2.45) is 0 Å². The third-order valence-corrected chi connectivity index (χ3v) is 8.18. The van der Waals surface area contributed by atoms with E-state index in [9.17, 15) is 0 Å². The number of benzene rings is 1. The standard InChI is InChI=1S/C25H42N2S/c1-7-20(6)24-17-21(18(2)3)16-23(19(4)5)25(24)28-27-14-10-22(11-15-27)26-12-8-9-13-26/h16-20,22H,7-15H2,1-6H3. The monoisotopic (exact) mass is 402 g/mol. The van der Waals surface area contributed by atoms with Crippen LogP contribution in [0.25, 0.3) is 0 Å². The minimum Gasteiger partial charge on any atom is -0.300 e. The molecule has 0 amide bonds. The Kier molecular flexibility index (Phi) is 7.92. The molecule has 0 aromatic heterocycles. The van der Waals surface area contributed by atoms with Crippen LogP contribution in [-0.4, -0.2) is 41.4 Å². The van der Waals surface area contributed by atoms with Gasteiger partial charge < -0.3 is 4.90 Å². The summed E-state index contributed by atoms with van der Waals surface area (Å²) in [4.78, 5) is 4.32. The maximum atomic E-state index is 2.75. The minimum absolute atomic E-state index is 0.575. The summed E-state index contributed by atoms with van der Waals surface area (Å²) in [7, 11) is 0. The summed E-state index contributed by atoms with van der Waals surface area (Å²) in [6.45, 7) is 19.3. The van der Waals surface area contributed by atoms with Crippen LogP contribution in [0.1, 0.15) is 108 Å². The smallest absolute Gasteiger partial charge is 0.0299 e. The summed E-state index contributed by atoms with van der Waals surface area (Å²) in [5, 5.41) is 0. The average Bonchev–Trinajstić information content (AvgIpc) is 3.22. The molecule has 0 saturated carbocycles. The van der Waals surface area contributed by atoms with Gasteiger partial charge in [-0.2, -0.15) is 0 Å². The Balaban J connectivity index is 1.80. The molecule has 2 fully saturated rings. The lowest BCUT2D eigenvalue weighted by atomic mass is 9.88. The number of piperidine rings is 1. The molecule has 2 heterocycles. The van der Waals surface area contributed by atoms with Crippen LogP contribution in [0.4, 0.5) is 0 Å². The molecule has 28 heavy (non-hydrogen) atoms. The average molecular weight is 403 g/mol. The van der Waals surface area contributed by atoms with Gasteiger partial charge in [0, 0.05) is 24.0 Å². The van der Waals surface area contributed by atoms with Crippen LogP contribution in [0.3, 0.4) is 0 Å². The first-order valence-electron chi connectivity index (χ1n) is 11.7. The number of hydrogen-bond acceptors (Lipinski definition) is 3. The van der Waals surface area contributed by atoms with Gasteiger partial charge >= 0.3 is 0 Å². The summed E-state index contributed by atoms with van der Waals surface area (Å²) >= 11 is 2.07. The molecular weight excluding hydrogens is 360 g/mol. The van der Waals surface area contributed by atoms with E-state index in [4.69, 9.17) is 0 Å². The molecule has 0 N–H and O–H groups in total. The van der Waals surface area contributed by atoms with Crippen molar-refractivity contribution in [1.82, 2.24) is 9.21 Å². The highest BCUT2D eigenvalue weighted by atomic mass is 32.2. The Bertz CT molecular complexity index is 626. The first kappa shape index (κ1) is 22.2. The first-order chi connectivity index (χ1) is 13.4. The zero-order valence-corrected chi connectivity index (χ0v) is 19.9. The van der Waals surface area contributed by atoms with E-state index in [1.807, 2.05) is 0 Å². The van der Waals surface area contributed by atoms with Gasteiger partial charge in [0.2, 0.25) is 0 Å². The van der Waals surface area contributed by atoms with Crippen LogP contribution in [0, 0.1) is 0 Å². The highest BCUT2D eigenvalue weighted by molar-refractivity contribution is 7.97. The second-order valence-electron chi connectivity index (χ2n) is 9.64. The molecule has 1 atom stereocenters. The zero-order chi connectivity index (χ0) is 20.3. The van der Waals surface area contributed by atoms with Gasteiger partial charge in [-0.05, 0) is 91.6 Å². The molecule has 2 aliphatic heterocycles. The fourth-order valence-electron chi connectivity index (χ4n) is 4.69. The maximum Gasteiger partial charge on any atom is 0.0299 e. The lowest BCUT2D eigenvalue weighted by Gasteiger charge is -2.37. The van der Waals surface area contributed by atoms with Gasteiger partial charge in [0.05, 0.1) is 0 Å². The van der Waals surface area contributed by atoms with Gasteiger partial charge in [0.15, 0.2) is 0 Å². The topological polar surface area (TPSA) is 6.48 Å². The van der Waals surface area contributed by atoms with Gasteiger partial charge in [-0.1, -0.05) is 53.7 Å². The lowest BCUT2D eigenvalue weighted by Crippen LogP contribution is -2.41. The van der Waals surface area contributed by atoms with Crippen LogP contribution >= 0.6 is 11.9 Å². The highest BCUT2D eigenvalue weighted by Gasteiger charge is 2.28. The number of rotatable bonds is 7. The molecule has 2 nitrogen and oxygen atoms in total. The van der Waals surface area contributed by atoms with E-state index in [2.05, 4.69) is 74.8 Å². The molecule has 0 spiro atoms. The summed E-state index contributed by atoms with van der Waals surface area (Å²) in [6.07, 6.45) is 6.71. The van der Waals surface area contributed by atoms with E-state index in [-0.39, 0.29) is 0 Å². The Morgan fingerprint density at radius 3 is 2.04 bits per heavy atom. The molecule has 1 aromatic rings. The van der Waals surface area contributed by atoms with Gasteiger partial charge in [0.1, 0.15) is 0 Å². The quantitative estimate of drug-likeness (QED) is 0.453. The normalized spacial score (nSPS) is 21.1. The Morgan fingerprint density at radius 1 is 0.893 bits per heavy atom. The predicted octanol–water partition coefficient (Wildman–Crippen LogP) is 7.01. The SMILES string of the molecule is CCC(C)c1cc(C(C)C)cc(C(C)C)c1SN1CCC(N2CCCC2)CC1. The molecule has 2 aliphatic rings. The van der Waals surface area contributed by atoms with Gasteiger partial charge in [0.25, 0.3) is 0 Å². The molecule has 2 saturated heterocycles. The molecule has 3 rings (SSSR count). The minimum atomic E-state index is 0.575. The molecule has 1 unspecified atom stereocenters. The van der Waals surface area contributed by atoms with Crippen molar-refractivity contribution in [3.05, 3.63) is 28.8 Å². The van der Waals surface area contributed by atoms with Crippen molar-refractivity contribution in [2.45, 2.75) is 102 Å². The van der Waals surface area contributed by atoms with Crippen LogP contribution in [-0.2, 0) is 0 Å². The third-order valence-electron chi connectivity index (χ3n) is 6.90. The van der Waals surface area contributed by atoms with E-state index in [0.29, 0.717) is 17.8 Å². The van der Waals surface area contributed by atoms with E-state index < -0.39 is 0 Å². The predicted molar refractivity (Wildman–Crippen MR) is 125 cm³/mol. The summed E-state index contributed by atoms with van der Waals surface area (Å²) in [5.74, 6) is 1.79. The van der Waals surface area contributed by atoms with Crippen molar-refractivity contribution < 1.29 is 0 Å². The Morgan fingerprint density at radius 2 is 1.50 bits per heavy atom. The number of nitrogens with zero attached hydrogens (tertiary/aromatic N) is 2. The fourth-order valence-corrected chi connectivity index (χ4v) is 6.10. The largest absolute Gasteiger partial charge is 0.300 e. The second kappa shape index (κ2) is 10.00. The van der Waals surface area contributed by atoms with Gasteiger partial charge in [-0.15, -0.1) is 0 Å². The Labute approximate surface area is 178 Å². The van der Waals surface area contributed by atoms with Gasteiger partial charge in [-0.3, -0.25) is 0 Å². The van der Waals surface area contributed by atoms with E-state index in [1.165, 1.54) is 63.8 Å². The fraction of sp³-hybridized carbons (Fsp3) is 0.760. The summed E-state index contributed by atoms with van der Waals surface area (Å²) < 4.78 is 2.66. The Hall–Kier alpha value is -0.510. The third kappa shape index (κ3) is 5.15. The van der Waals surface area contributed by atoms with Crippen LogP contribution in [0.2, 0.25) is 0 Å². The molecule has 3 heteroatoms. The van der Waals surface area contributed by atoms with Gasteiger partial charge in [-0.25, -0.2) is 4.31 Å². The first-order valence-corrected chi connectivity index (χ1v) is 12.5. The van der Waals surface area contributed by atoms with E-state index in [1.54, 1.807) is 16.0 Å². The molecule has 158 valence electrons. The molecule has 0 radical (unpaired) electrons. The van der Waals surface area contributed by atoms with Crippen molar-refractivity contribution in [2.75, 3.05) is 26.2 Å². The number of hydrogen-bond donors (Lipinski definition) is 0. The summed E-state index contributed by atoms with van der Waals surface area (Å²) in [6, 6.07) is 5.85. The van der Waals surface area contributed by atoms with Crippen molar-refractivity contribution >= 4 is 11.9 Å². The highest BCUT2D eigenvalue weighted by Crippen LogP contribution is 2.41. The second-order valence-corrected chi connectivity index (χ2v) is 10.7. The van der Waals surface area contributed by atoms with Crippen LogP contribution in [0.15, 0.2) is 17.0 Å². The zero-order valence-electron chi connectivity index (χ0n) is 19.1. The van der Waals surface area contributed by atoms with Crippen LogP contribution < -0.4 is 0 Å². The maximum absolute atomic E-state index is 2.75. The molecule has 0 bridgehead atoms. The van der Waals surface area contributed by atoms with E-state index >= 15 is 0 Å². The molecule has 0 aliphatic carbocycles.